The monoisotopic (exact) mass is 280 g/mol. The van der Waals surface area contributed by atoms with Crippen LogP contribution in [-0.2, 0) is 21.6 Å². The van der Waals surface area contributed by atoms with Crippen molar-refractivity contribution in [1.29, 1.82) is 0 Å². The Kier molecular flexibility index (Phi) is 5.48. The number of ether oxygens (including phenoxy) is 2. The van der Waals surface area contributed by atoms with Crippen LogP contribution in [0.1, 0.15) is 24.1 Å². The lowest BCUT2D eigenvalue weighted by Crippen LogP contribution is -2.30. The van der Waals surface area contributed by atoms with Crippen molar-refractivity contribution in [2.45, 2.75) is 25.0 Å². The first kappa shape index (κ1) is 15.4. The standard InChI is InChI=1S/C15H24N2O3/c1-17(2)12-13-3-4-14(16-11-13)15(18)5-7-19-9-10-20-8-6-15/h3-4,11,18H,5-10,12H2,1-2H3. The molecule has 1 N–H and O–H groups in total. The molecular weight excluding hydrogens is 256 g/mol. The molecular formula is C15H24N2O3. The van der Waals surface area contributed by atoms with Crippen molar-refractivity contribution in [3.63, 3.8) is 0 Å². The summed E-state index contributed by atoms with van der Waals surface area (Å²) >= 11 is 0. The zero-order chi connectivity index (χ0) is 14.4. The van der Waals surface area contributed by atoms with Crippen LogP contribution in [0.3, 0.4) is 0 Å². The summed E-state index contributed by atoms with van der Waals surface area (Å²) < 4.78 is 10.9. The molecule has 20 heavy (non-hydrogen) atoms. The molecule has 1 aromatic rings. The molecule has 0 radical (unpaired) electrons. The molecule has 0 amide bonds. The van der Waals surface area contributed by atoms with Gasteiger partial charge in [-0.1, -0.05) is 6.07 Å². The molecule has 0 bridgehead atoms. The van der Waals surface area contributed by atoms with E-state index in [9.17, 15) is 5.11 Å². The van der Waals surface area contributed by atoms with E-state index in [-0.39, 0.29) is 0 Å². The molecule has 0 spiro atoms. The second-order valence-corrected chi connectivity index (χ2v) is 5.55. The fraction of sp³-hybridized carbons (Fsp3) is 0.667. The van der Waals surface area contributed by atoms with E-state index in [1.165, 1.54) is 0 Å². The Balaban J connectivity index is 2.09. The Bertz CT molecular complexity index is 396. The molecule has 112 valence electrons. The van der Waals surface area contributed by atoms with Crippen LogP contribution in [0.25, 0.3) is 0 Å². The van der Waals surface area contributed by atoms with Crippen LogP contribution in [0.15, 0.2) is 18.3 Å². The average Bonchev–Trinajstić information content (AvgIpc) is 2.52. The Morgan fingerprint density at radius 3 is 2.30 bits per heavy atom. The van der Waals surface area contributed by atoms with Gasteiger partial charge in [0.1, 0.15) is 5.60 Å². The summed E-state index contributed by atoms with van der Waals surface area (Å²) in [6.07, 6.45) is 2.94. The van der Waals surface area contributed by atoms with Gasteiger partial charge < -0.3 is 19.5 Å². The minimum atomic E-state index is -0.957. The highest BCUT2D eigenvalue weighted by atomic mass is 16.5. The maximum atomic E-state index is 10.8. The van der Waals surface area contributed by atoms with Crippen LogP contribution in [0, 0.1) is 0 Å². The molecule has 5 heteroatoms. The van der Waals surface area contributed by atoms with Gasteiger partial charge in [-0.05, 0) is 25.7 Å². The third-order valence-electron chi connectivity index (χ3n) is 3.49. The molecule has 2 heterocycles. The van der Waals surface area contributed by atoms with Crippen LogP contribution in [0.4, 0.5) is 0 Å². The van der Waals surface area contributed by atoms with Gasteiger partial charge in [0.2, 0.25) is 0 Å². The predicted octanol–water partition coefficient (Wildman–Crippen LogP) is 1.16. The summed E-state index contributed by atoms with van der Waals surface area (Å²) in [6, 6.07) is 3.94. The molecule has 0 atom stereocenters. The maximum absolute atomic E-state index is 10.8. The van der Waals surface area contributed by atoms with Crippen molar-refractivity contribution in [2.24, 2.45) is 0 Å². The molecule has 0 unspecified atom stereocenters. The molecule has 0 aliphatic carbocycles. The van der Waals surface area contributed by atoms with E-state index in [2.05, 4.69) is 9.88 Å². The molecule has 0 saturated carbocycles. The highest BCUT2D eigenvalue weighted by molar-refractivity contribution is 5.19. The van der Waals surface area contributed by atoms with Crippen molar-refractivity contribution in [1.82, 2.24) is 9.88 Å². The quantitative estimate of drug-likeness (QED) is 0.900. The SMILES string of the molecule is CN(C)Cc1ccc(C2(O)CCOCCOCC2)nc1. The zero-order valence-corrected chi connectivity index (χ0v) is 12.3. The van der Waals surface area contributed by atoms with Crippen LogP contribution in [-0.4, -0.2) is 55.5 Å². The Hall–Kier alpha value is -1.01. The van der Waals surface area contributed by atoms with Crippen LogP contribution >= 0.6 is 0 Å². The lowest BCUT2D eigenvalue weighted by Gasteiger charge is -2.27. The van der Waals surface area contributed by atoms with Crippen molar-refractivity contribution in [3.8, 4) is 0 Å². The van der Waals surface area contributed by atoms with E-state index >= 15 is 0 Å². The van der Waals surface area contributed by atoms with Crippen LogP contribution < -0.4 is 0 Å². The van der Waals surface area contributed by atoms with Gasteiger partial charge in [-0.2, -0.15) is 0 Å². The van der Waals surface area contributed by atoms with Gasteiger partial charge in [-0.3, -0.25) is 4.98 Å². The summed E-state index contributed by atoms with van der Waals surface area (Å²) in [6.45, 7) is 3.08. The summed E-state index contributed by atoms with van der Waals surface area (Å²) in [7, 11) is 4.04. The van der Waals surface area contributed by atoms with Gasteiger partial charge in [0.05, 0.1) is 18.9 Å². The molecule has 2 rings (SSSR count). The molecule has 1 fully saturated rings. The molecule has 1 aromatic heterocycles. The second-order valence-electron chi connectivity index (χ2n) is 5.55. The number of pyridine rings is 1. The van der Waals surface area contributed by atoms with E-state index in [0.29, 0.717) is 45.0 Å². The van der Waals surface area contributed by atoms with Gasteiger partial charge in [-0.15, -0.1) is 0 Å². The van der Waals surface area contributed by atoms with Gasteiger partial charge in [0, 0.05) is 38.8 Å². The lowest BCUT2D eigenvalue weighted by atomic mass is 9.91. The highest BCUT2D eigenvalue weighted by Gasteiger charge is 2.31. The maximum Gasteiger partial charge on any atom is 0.111 e. The van der Waals surface area contributed by atoms with E-state index in [4.69, 9.17) is 9.47 Å². The molecule has 1 aliphatic heterocycles. The number of rotatable bonds is 3. The third-order valence-corrected chi connectivity index (χ3v) is 3.49. The molecule has 0 aromatic carbocycles. The third kappa shape index (κ3) is 4.24. The first-order valence-corrected chi connectivity index (χ1v) is 7.08. The van der Waals surface area contributed by atoms with Crippen LogP contribution in [0.2, 0.25) is 0 Å². The van der Waals surface area contributed by atoms with Gasteiger partial charge in [-0.25, -0.2) is 0 Å². The fourth-order valence-corrected chi connectivity index (χ4v) is 2.34. The Morgan fingerprint density at radius 1 is 1.15 bits per heavy atom. The van der Waals surface area contributed by atoms with E-state index in [1.807, 2.05) is 32.4 Å². The summed E-state index contributed by atoms with van der Waals surface area (Å²) in [5.41, 5.74) is 0.882. The van der Waals surface area contributed by atoms with Crippen molar-refractivity contribution >= 4 is 0 Å². The number of aliphatic hydroxyl groups is 1. The van der Waals surface area contributed by atoms with E-state index < -0.39 is 5.60 Å². The number of hydrogen-bond acceptors (Lipinski definition) is 5. The lowest BCUT2D eigenvalue weighted by molar-refractivity contribution is -0.0138. The topological polar surface area (TPSA) is 54.8 Å². The fourth-order valence-electron chi connectivity index (χ4n) is 2.34. The smallest absolute Gasteiger partial charge is 0.111 e. The van der Waals surface area contributed by atoms with E-state index in [0.717, 1.165) is 12.1 Å². The number of hydrogen-bond donors (Lipinski definition) is 1. The van der Waals surface area contributed by atoms with Crippen molar-refractivity contribution in [3.05, 3.63) is 29.6 Å². The molecule has 1 saturated heterocycles. The minimum absolute atomic E-state index is 0.529. The Morgan fingerprint density at radius 2 is 1.80 bits per heavy atom. The second kappa shape index (κ2) is 7.13. The largest absolute Gasteiger partial charge is 0.383 e. The molecule has 1 aliphatic rings. The van der Waals surface area contributed by atoms with Crippen molar-refractivity contribution < 1.29 is 14.6 Å². The zero-order valence-electron chi connectivity index (χ0n) is 12.3. The number of nitrogens with zero attached hydrogens (tertiary/aromatic N) is 2. The van der Waals surface area contributed by atoms with Crippen molar-refractivity contribution in [2.75, 3.05) is 40.5 Å². The van der Waals surface area contributed by atoms with Gasteiger partial charge in [0.15, 0.2) is 0 Å². The first-order valence-electron chi connectivity index (χ1n) is 7.08. The molecule has 5 nitrogen and oxygen atoms in total. The summed E-state index contributed by atoms with van der Waals surface area (Å²) in [5.74, 6) is 0. The summed E-state index contributed by atoms with van der Waals surface area (Å²) in [4.78, 5) is 6.53. The number of aromatic nitrogens is 1. The van der Waals surface area contributed by atoms with E-state index in [1.54, 1.807) is 0 Å². The van der Waals surface area contributed by atoms with Crippen LogP contribution in [0.5, 0.6) is 0 Å². The Labute approximate surface area is 120 Å². The summed E-state index contributed by atoms with van der Waals surface area (Å²) in [5, 5.41) is 10.8. The van der Waals surface area contributed by atoms with Gasteiger partial charge in [0.25, 0.3) is 0 Å². The first-order chi connectivity index (χ1) is 9.60. The average molecular weight is 280 g/mol. The van der Waals surface area contributed by atoms with Gasteiger partial charge >= 0.3 is 0 Å². The highest BCUT2D eigenvalue weighted by Crippen LogP contribution is 2.28. The minimum Gasteiger partial charge on any atom is -0.383 e. The predicted molar refractivity (Wildman–Crippen MR) is 76.4 cm³/mol. The normalized spacial score (nSPS) is 20.2.